The number of thiazole rings is 1. The van der Waals surface area contributed by atoms with Crippen LogP contribution in [0.15, 0.2) is 17.5 Å². The molecule has 2 aromatic rings. The van der Waals surface area contributed by atoms with Crippen molar-refractivity contribution < 1.29 is 9.90 Å². The number of thiophene rings is 1. The van der Waals surface area contributed by atoms with E-state index in [4.69, 9.17) is 0 Å². The number of aliphatic hydroxyl groups excluding tert-OH is 1. The third kappa shape index (κ3) is 3.15. The van der Waals surface area contributed by atoms with Gasteiger partial charge in [-0.25, -0.2) is 4.98 Å². The molecule has 24 heavy (non-hydrogen) atoms. The van der Waals surface area contributed by atoms with E-state index in [-0.39, 0.29) is 11.8 Å². The Labute approximate surface area is 150 Å². The smallest absolute Gasteiger partial charge is 0.282 e. The van der Waals surface area contributed by atoms with Crippen LogP contribution in [0.3, 0.4) is 0 Å². The van der Waals surface area contributed by atoms with Crippen LogP contribution in [0, 0.1) is 5.92 Å². The van der Waals surface area contributed by atoms with Gasteiger partial charge in [-0.3, -0.25) is 4.79 Å². The first-order chi connectivity index (χ1) is 11.7. The van der Waals surface area contributed by atoms with Crippen molar-refractivity contribution in [1.29, 1.82) is 0 Å². The van der Waals surface area contributed by atoms with E-state index in [9.17, 15) is 9.90 Å². The van der Waals surface area contributed by atoms with Crippen molar-refractivity contribution >= 4 is 28.6 Å². The van der Waals surface area contributed by atoms with Crippen LogP contribution in [0.4, 0.5) is 0 Å². The van der Waals surface area contributed by atoms with Crippen molar-refractivity contribution in [2.24, 2.45) is 5.92 Å². The minimum atomic E-state index is -0.394. The predicted molar refractivity (Wildman–Crippen MR) is 96.7 cm³/mol. The first-order valence-electron chi connectivity index (χ1n) is 8.71. The van der Waals surface area contributed by atoms with Gasteiger partial charge in [-0.05, 0) is 55.9 Å². The van der Waals surface area contributed by atoms with Gasteiger partial charge in [0.25, 0.3) is 5.91 Å². The number of likely N-dealkylation sites (tertiary alicyclic amines) is 1. The molecule has 0 aromatic carbocycles. The highest BCUT2D eigenvalue weighted by molar-refractivity contribution is 7.13. The Morgan fingerprint density at radius 2 is 2.08 bits per heavy atom. The number of hydrogen-bond donors (Lipinski definition) is 1. The molecule has 3 heterocycles. The lowest BCUT2D eigenvalue weighted by Gasteiger charge is -2.33. The van der Waals surface area contributed by atoms with Crippen molar-refractivity contribution in [3.8, 4) is 0 Å². The average Bonchev–Trinajstić information content (AvgIpc) is 3.30. The fourth-order valence-electron chi connectivity index (χ4n) is 3.69. The predicted octanol–water partition coefficient (Wildman–Crippen LogP) is 3.67. The summed E-state index contributed by atoms with van der Waals surface area (Å²) in [6.45, 7) is 1.44. The van der Waals surface area contributed by atoms with E-state index in [2.05, 4.69) is 4.98 Å². The molecule has 6 heteroatoms. The molecule has 0 saturated carbocycles. The summed E-state index contributed by atoms with van der Waals surface area (Å²) < 4.78 is 0. The van der Waals surface area contributed by atoms with E-state index in [0.717, 1.165) is 49.3 Å². The zero-order valence-electron chi connectivity index (χ0n) is 13.6. The molecule has 2 aromatic heterocycles. The Bertz CT molecular complexity index is 679. The molecule has 1 unspecified atom stereocenters. The first kappa shape index (κ1) is 16.2. The number of amides is 1. The summed E-state index contributed by atoms with van der Waals surface area (Å²) in [6, 6.07) is 3.97. The first-order valence-corrected chi connectivity index (χ1v) is 10.4. The van der Waals surface area contributed by atoms with Gasteiger partial charge in [0.1, 0.15) is 0 Å². The third-order valence-electron chi connectivity index (χ3n) is 5.14. The standard InChI is InChI=1S/C18H22N2O2S2/c21-16(15-6-3-11-23-15)12-7-9-20(10-8-12)18(22)17-19-13-4-1-2-5-14(13)24-17/h3,6,11-12,16,21H,1-2,4-5,7-10H2. The molecule has 1 saturated heterocycles. The molecule has 0 spiro atoms. The minimum absolute atomic E-state index is 0.0819. The molecule has 1 aliphatic heterocycles. The zero-order chi connectivity index (χ0) is 16.5. The highest BCUT2D eigenvalue weighted by Crippen LogP contribution is 2.34. The average molecular weight is 363 g/mol. The second-order valence-corrected chi connectivity index (χ2v) is 8.75. The highest BCUT2D eigenvalue weighted by atomic mass is 32.1. The fourth-order valence-corrected chi connectivity index (χ4v) is 5.61. The Kier molecular flexibility index (Phi) is 4.70. The number of aryl methyl sites for hydroxylation is 2. The number of fused-ring (bicyclic) bond motifs is 1. The number of aliphatic hydroxyl groups is 1. The van der Waals surface area contributed by atoms with Gasteiger partial charge in [0.05, 0.1) is 11.8 Å². The van der Waals surface area contributed by atoms with Gasteiger partial charge in [-0.1, -0.05) is 6.07 Å². The molecule has 2 aliphatic rings. The summed E-state index contributed by atoms with van der Waals surface area (Å²) in [4.78, 5) is 21.6. The van der Waals surface area contributed by atoms with Gasteiger partial charge in [0.2, 0.25) is 0 Å². The maximum absolute atomic E-state index is 12.7. The molecule has 0 radical (unpaired) electrons. The lowest BCUT2D eigenvalue weighted by Crippen LogP contribution is -2.39. The van der Waals surface area contributed by atoms with Crippen molar-refractivity contribution in [2.75, 3.05) is 13.1 Å². The molecular formula is C18H22N2O2S2. The zero-order valence-corrected chi connectivity index (χ0v) is 15.2. The lowest BCUT2D eigenvalue weighted by atomic mass is 9.90. The summed E-state index contributed by atoms with van der Waals surface area (Å²) in [5.41, 5.74) is 1.15. The van der Waals surface area contributed by atoms with Crippen LogP contribution < -0.4 is 0 Å². The fraction of sp³-hybridized carbons (Fsp3) is 0.556. The molecule has 128 valence electrons. The van der Waals surface area contributed by atoms with Crippen molar-refractivity contribution in [1.82, 2.24) is 9.88 Å². The Morgan fingerprint density at radius 1 is 1.29 bits per heavy atom. The Hall–Kier alpha value is -1.24. The largest absolute Gasteiger partial charge is 0.387 e. The van der Waals surface area contributed by atoms with Crippen molar-refractivity contribution in [3.63, 3.8) is 0 Å². The number of aromatic nitrogens is 1. The van der Waals surface area contributed by atoms with Crippen molar-refractivity contribution in [3.05, 3.63) is 38.0 Å². The van der Waals surface area contributed by atoms with Crippen LogP contribution in [-0.4, -0.2) is 34.0 Å². The third-order valence-corrected chi connectivity index (χ3v) is 7.23. The summed E-state index contributed by atoms with van der Waals surface area (Å²) >= 11 is 3.20. The molecule has 1 aliphatic carbocycles. The van der Waals surface area contributed by atoms with Gasteiger partial charge < -0.3 is 10.0 Å². The summed E-state index contributed by atoms with van der Waals surface area (Å²) in [7, 11) is 0. The maximum Gasteiger partial charge on any atom is 0.282 e. The number of hydrogen-bond acceptors (Lipinski definition) is 5. The SMILES string of the molecule is O=C(c1nc2c(s1)CCCC2)N1CCC(C(O)c2cccs2)CC1. The molecule has 4 nitrogen and oxygen atoms in total. The van der Waals surface area contributed by atoms with E-state index in [1.807, 2.05) is 22.4 Å². The molecule has 1 N–H and O–H groups in total. The number of carbonyl (C=O) groups excluding carboxylic acids is 1. The Balaban J connectivity index is 1.38. The van der Waals surface area contributed by atoms with E-state index >= 15 is 0 Å². The quantitative estimate of drug-likeness (QED) is 0.906. The van der Waals surface area contributed by atoms with Crippen LogP contribution in [0.1, 0.15) is 57.0 Å². The van der Waals surface area contributed by atoms with E-state index in [0.29, 0.717) is 5.01 Å². The number of nitrogens with zero attached hydrogens (tertiary/aromatic N) is 2. The summed E-state index contributed by atoms with van der Waals surface area (Å²) in [5.74, 6) is 0.329. The van der Waals surface area contributed by atoms with E-state index < -0.39 is 6.10 Å². The topological polar surface area (TPSA) is 53.4 Å². The van der Waals surface area contributed by atoms with Gasteiger partial charge in [-0.15, -0.1) is 22.7 Å². The van der Waals surface area contributed by atoms with Crippen molar-refractivity contribution in [2.45, 2.75) is 44.6 Å². The summed E-state index contributed by atoms with van der Waals surface area (Å²) in [5, 5.41) is 13.2. The minimum Gasteiger partial charge on any atom is -0.387 e. The Morgan fingerprint density at radius 3 is 2.79 bits per heavy atom. The van der Waals surface area contributed by atoms with Crippen LogP contribution in [0.25, 0.3) is 0 Å². The maximum atomic E-state index is 12.7. The normalized spacial score (nSPS) is 20.0. The number of carbonyl (C=O) groups is 1. The van der Waals surface area contributed by atoms with E-state index in [1.54, 1.807) is 22.7 Å². The van der Waals surface area contributed by atoms with Crippen LogP contribution >= 0.6 is 22.7 Å². The number of rotatable bonds is 3. The molecule has 4 rings (SSSR count). The molecule has 1 fully saturated rings. The van der Waals surface area contributed by atoms with Crippen LogP contribution in [-0.2, 0) is 12.8 Å². The molecular weight excluding hydrogens is 340 g/mol. The second-order valence-electron chi connectivity index (χ2n) is 6.69. The number of piperidine rings is 1. The highest BCUT2D eigenvalue weighted by Gasteiger charge is 2.30. The monoisotopic (exact) mass is 362 g/mol. The van der Waals surface area contributed by atoms with Gasteiger partial charge in [0, 0.05) is 22.8 Å². The molecule has 1 atom stereocenters. The van der Waals surface area contributed by atoms with Gasteiger partial charge in [-0.2, -0.15) is 0 Å². The second kappa shape index (κ2) is 6.94. The molecule has 0 bridgehead atoms. The van der Waals surface area contributed by atoms with Crippen LogP contribution in [0.2, 0.25) is 0 Å². The summed E-state index contributed by atoms with van der Waals surface area (Å²) in [6.07, 6.45) is 5.83. The molecule has 1 amide bonds. The van der Waals surface area contributed by atoms with E-state index in [1.165, 1.54) is 17.7 Å². The van der Waals surface area contributed by atoms with Gasteiger partial charge in [0.15, 0.2) is 5.01 Å². The lowest BCUT2D eigenvalue weighted by molar-refractivity contribution is 0.0473. The van der Waals surface area contributed by atoms with Gasteiger partial charge >= 0.3 is 0 Å². The van der Waals surface area contributed by atoms with Crippen LogP contribution in [0.5, 0.6) is 0 Å².